The van der Waals surface area contributed by atoms with E-state index in [0.717, 1.165) is 25.3 Å². The summed E-state index contributed by atoms with van der Waals surface area (Å²) in [6, 6.07) is 9.75. The lowest BCUT2D eigenvalue weighted by Gasteiger charge is -2.26. The fourth-order valence-electron chi connectivity index (χ4n) is 3.88. The van der Waals surface area contributed by atoms with Crippen molar-refractivity contribution in [3.8, 4) is 0 Å². The molecule has 2 aliphatic rings. The second-order valence-electron chi connectivity index (χ2n) is 9.31. The first-order valence-corrected chi connectivity index (χ1v) is 12.4. The van der Waals surface area contributed by atoms with Gasteiger partial charge in [-0.05, 0) is 23.8 Å². The van der Waals surface area contributed by atoms with Gasteiger partial charge in [-0.15, -0.1) is 0 Å². The van der Waals surface area contributed by atoms with E-state index in [1.54, 1.807) is 12.4 Å². The van der Waals surface area contributed by atoms with Crippen molar-refractivity contribution in [3.63, 3.8) is 0 Å². The number of alkyl halides is 9. The summed E-state index contributed by atoms with van der Waals surface area (Å²) in [4.78, 5) is 50.4. The van der Waals surface area contributed by atoms with Crippen molar-refractivity contribution in [3.05, 3.63) is 60.2 Å². The van der Waals surface area contributed by atoms with Crippen LogP contribution in [0.3, 0.4) is 0 Å². The fourth-order valence-corrected chi connectivity index (χ4v) is 3.88. The van der Waals surface area contributed by atoms with Gasteiger partial charge in [-0.2, -0.15) is 39.5 Å². The molecule has 0 aromatic carbocycles. The number of rotatable bonds is 5. The molecule has 0 unspecified atom stereocenters. The smallest absolute Gasteiger partial charge is 0.475 e. The van der Waals surface area contributed by atoms with Crippen molar-refractivity contribution in [1.29, 1.82) is 0 Å². The number of carboxylic acids is 3. The number of carboxylic acid groups (broad SMARTS) is 3. The molecule has 0 spiro atoms. The number of halogens is 9. The van der Waals surface area contributed by atoms with E-state index in [-0.39, 0.29) is 11.8 Å². The molecule has 2 aliphatic heterocycles. The molecule has 2 fully saturated rings. The number of carbonyl (C=O) groups excluding carboxylic acids is 1. The van der Waals surface area contributed by atoms with Crippen LogP contribution in [-0.2, 0) is 37.0 Å². The van der Waals surface area contributed by atoms with Crippen LogP contribution in [0, 0.1) is 11.3 Å². The van der Waals surface area contributed by atoms with Crippen LogP contribution in [0.15, 0.2) is 48.9 Å². The van der Waals surface area contributed by atoms with E-state index in [4.69, 9.17) is 34.4 Å². The number of nitrogens with zero attached hydrogens (tertiary/aromatic N) is 3. The first-order valence-electron chi connectivity index (χ1n) is 12.4. The minimum absolute atomic E-state index is 0.0781. The Kier molecular flexibility index (Phi) is 14.3. The Morgan fingerprint density at radius 3 is 1.85 bits per heavy atom. The maximum atomic E-state index is 13.0. The average Bonchev–Trinajstić information content (AvgIpc) is 3.50. The van der Waals surface area contributed by atoms with E-state index in [1.807, 2.05) is 30.5 Å². The summed E-state index contributed by atoms with van der Waals surface area (Å²) in [5, 5.41) is 24.4. The molecule has 256 valence electrons. The lowest BCUT2D eigenvalue weighted by molar-refractivity contribution is -0.193. The monoisotopic (exact) mass is 680 g/mol. The molecule has 0 aliphatic carbocycles. The van der Waals surface area contributed by atoms with Crippen molar-refractivity contribution >= 4 is 23.8 Å². The van der Waals surface area contributed by atoms with Gasteiger partial charge in [0.15, 0.2) is 0 Å². The van der Waals surface area contributed by atoms with Crippen molar-refractivity contribution in [2.45, 2.75) is 31.6 Å². The molecule has 2 saturated heterocycles. The predicted molar refractivity (Wildman–Crippen MR) is 133 cm³/mol. The van der Waals surface area contributed by atoms with E-state index in [1.165, 1.54) is 5.56 Å². The van der Waals surface area contributed by atoms with E-state index in [2.05, 4.69) is 26.3 Å². The van der Waals surface area contributed by atoms with Gasteiger partial charge in [-0.25, -0.2) is 14.4 Å². The molecule has 0 radical (unpaired) electrons. The summed E-state index contributed by atoms with van der Waals surface area (Å²) in [7, 11) is 0. The lowest BCUT2D eigenvalue weighted by atomic mass is 9.80. The molecule has 2 atom stereocenters. The van der Waals surface area contributed by atoms with E-state index in [0.29, 0.717) is 19.8 Å². The SMILES string of the molecule is O=C(NCc1ccccn1)[C@]12COC[C@H]1CN(Cc1cccnc1)C2.O=C(O)C(F)(F)F.O=C(O)C(F)(F)F.O=C(O)C(F)(F)F. The third-order valence-corrected chi connectivity index (χ3v) is 5.91. The summed E-state index contributed by atoms with van der Waals surface area (Å²) in [6.45, 7) is 4.03. The highest BCUT2D eigenvalue weighted by Gasteiger charge is 2.55. The van der Waals surface area contributed by atoms with Crippen LogP contribution >= 0.6 is 0 Å². The maximum Gasteiger partial charge on any atom is 0.490 e. The highest BCUT2D eigenvalue weighted by Crippen LogP contribution is 2.42. The van der Waals surface area contributed by atoms with Crippen LogP contribution in [0.25, 0.3) is 0 Å². The predicted octanol–water partition coefficient (Wildman–Crippen LogP) is 3.14. The zero-order valence-corrected chi connectivity index (χ0v) is 23.1. The molecule has 21 heteroatoms. The highest BCUT2D eigenvalue weighted by atomic mass is 19.4. The van der Waals surface area contributed by atoms with Crippen molar-refractivity contribution < 1.29 is 78.7 Å². The molecule has 1 amide bonds. The molecule has 4 rings (SSSR count). The summed E-state index contributed by atoms with van der Waals surface area (Å²) < 4.78 is 101. The third kappa shape index (κ3) is 13.2. The zero-order chi connectivity index (χ0) is 35.3. The number of aliphatic carboxylic acids is 3. The molecule has 2 aromatic rings. The van der Waals surface area contributed by atoms with Gasteiger partial charge >= 0.3 is 36.4 Å². The van der Waals surface area contributed by atoms with Gasteiger partial charge in [0.25, 0.3) is 0 Å². The number of aromatic nitrogens is 2. The maximum absolute atomic E-state index is 13.0. The second kappa shape index (κ2) is 16.7. The number of hydrogen-bond donors (Lipinski definition) is 4. The molecular formula is C25H25F9N4O8. The van der Waals surface area contributed by atoms with Crippen molar-refractivity contribution in [1.82, 2.24) is 20.2 Å². The number of fused-ring (bicyclic) bond motifs is 1. The van der Waals surface area contributed by atoms with Crippen LogP contribution in [0.2, 0.25) is 0 Å². The topological polar surface area (TPSA) is 179 Å². The molecular weight excluding hydrogens is 655 g/mol. The fraction of sp³-hybridized carbons (Fsp3) is 0.440. The minimum Gasteiger partial charge on any atom is -0.475 e. The third-order valence-electron chi connectivity index (χ3n) is 5.91. The number of likely N-dealkylation sites (tertiary alicyclic amines) is 1. The Morgan fingerprint density at radius 1 is 0.870 bits per heavy atom. The lowest BCUT2D eigenvalue weighted by Crippen LogP contribution is -2.46. The van der Waals surface area contributed by atoms with Crippen molar-refractivity contribution in [2.75, 3.05) is 26.3 Å². The van der Waals surface area contributed by atoms with Crippen LogP contribution in [0.1, 0.15) is 11.3 Å². The first kappa shape index (κ1) is 39.5. The van der Waals surface area contributed by atoms with Gasteiger partial charge in [0.1, 0.15) is 0 Å². The molecule has 0 bridgehead atoms. The van der Waals surface area contributed by atoms with Gasteiger partial charge in [0.05, 0.1) is 30.9 Å². The Hall–Kier alpha value is -4.53. The molecule has 12 nitrogen and oxygen atoms in total. The minimum atomic E-state index is -5.08. The number of pyridine rings is 2. The molecule has 2 aromatic heterocycles. The highest BCUT2D eigenvalue weighted by molar-refractivity contribution is 5.84. The van der Waals surface area contributed by atoms with E-state index < -0.39 is 41.9 Å². The summed E-state index contributed by atoms with van der Waals surface area (Å²) in [6.07, 6.45) is -9.84. The van der Waals surface area contributed by atoms with Gasteiger partial charge in [0.2, 0.25) is 5.91 Å². The Labute approximate surface area is 252 Å². The summed E-state index contributed by atoms with van der Waals surface area (Å²) in [5.41, 5.74) is 1.59. The molecule has 4 heterocycles. The number of ether oxygens (including phenoxy) is 1. The number of nitrogens with one attached hydrogen (secondary N) is 1. The molecule has 46 heavy (non-hydrogen) atoms. The first-order chi connectivity index (χ1) is 21.1. The average molecular weight is 680 g/mol. The van der Waals surface area contributed by atoms with Gasteiger partial charge < -0.3 is 25.4 Å². The number of carbonyl (C=O) groups is 4. The van der Waals surface area contributed by atoms with Crippen molar-refractivity contribution in [2.24, 2.45) is 11.3 Å². The van der Waals surface area contributed by atoms with Gasteiger partial charge in [-0.3, -0.25) is 19.7 Å². The van der Waals surface area contributed by atoms with Crippen LogP contribution in [-0.4, -0.2) is 98.8 Å². The van der Waals surface area contributed by atoms with Crippen LogP contribution in [0.5, 0.6) is 0 Å². The van der Waals surface area contributed by atoms with Gasteiger partial charge in [-0.1, -0.05) is 12.1 Å². The van der Waals surface area contributed by atoms with Crippen LogP contribution in [0.4, 0.5) is 39.5 Å². The zero-order valence-electron chi connectivity index (χ0n) is 23.1. The van der Waals surface area contributed by atoms with E-state index >= 15 is 0 Å². The standard InChI is InChI=1S/C19H22N4O2.3C2HF3O2/c24-18(22-9-17-5-1-2-7-21-17)19-13-23(11-16(19)12-25-14-19)10-15-4-3-6-20-8-15;3*3-2(4,5)1(6)7/h1-8,16H,9-14H2,(H,22,24);3*(H,6,7)/t16-,19-;;;/m1.../s1. The largest absolute Gasteiger partial charge is 0.490 e. The molecule has 0 saturated carbocycles. The van der Waals surface area contributed by atoms with Gasteiger partial charge in [0, 0.05) is 44.1 Å². The Bertz CT molecular complexity index is 1240. The summed E-state index contributed by atoms with van der Waals surface area (Å²) >= 11 is 0. The second-order valence-corrected chi connectivity index (χ2v) is 9.31. The quantitative estimate of drug-likeness (QED) is 0.341. The Morgan fingerprint density at radius 2 is 1.41 bits per heavy atom. The number of amides is 1. The number of hydrogen-bond acceptors (Lipinski definition) is 8. The summed E-state index contributed by atoms with van der Waals surface area (Å²) in [5.74, 6) is -7.95. The van der Waals surface area contributed by atoms with E-state index in [9.17, 15) is 44.3 Å². The molecule has 4 N–H and O–H groups in total. The Balaban J connectivity index is 0.000000413. The van der Waals surface area contributed by atoms with Crippen LogP contribution < -0.4 is 5.32 Å². The normalized spacial score (nSPS) is 19.1.